The molecule has 1 aromatic rings. The molecular formula is C9H11ClN2O4S. The summed E-state index contributed by atoms with van der Waals surface area (Å²) in [5.74, 6) is -0.419. The predicted molar refractivity (Wildman–Crippen MR) is 62.4 cm³/mol. The number of quaternary nitrogens is 1. The van der Waals surface area contributed by atoms with Crippen molar-refractivity contribution in [2.45, 2.75) is 11.9 Å². The van der Waals surface area contributed by atoms with E-state index in [1.807, 2.05) is 0 Å². The van der Waals surface area contributed by atoms with E-state index in [-0.39, 0.29) is 28.2 Å². The molecule has 2 N–H and O–H groups in total. The van der Waals surface area contributed by atoms with Gasteiger partial charge in [-0.25, -0.2) is 10.2 Å². The molecule has 8 heteroatoms. The molecule has 0 spiro atoms. The Kier molecular flexibility index (Phi) is 5.66. The lowest BCUT2D eigenvalue weighted by molar-refractivity contribution is -0.992. The third-order valence-electron chi connectivity index (χ3n) is 1.69. The molecule has 1 heterocycles. The average molecular weight is 279 g/mol. The second-order valence-corrected chi connectivity index (χ2v) is 4.24. The molecule has 0 aliphatic heterocycles. The highest BCUT2D eigenvalue weighted by Crippen LogP contribution is 2.24. The number of hydrogen-bond acceptors (Lipinski definition) is 6. The van der Waals surface area contributed by atoms with Crippen LogP contribution in [0.4, 0.5) is 5.69 Å². The molecule has 17 heavy (non-hydrogen) atoms. The Balaban J connectivity index is 2.75. The normalized spacial score (nSPS) is 12.2. The van der Waals surface area contributed by atoms with Crippen LogP contribution in [0.3, 0.4) is 0 Å². The van der Waals surface area contributed by atoms with E-state index >= 15 is 0 Å². The van der Waals surface area contributed by atoms with Crippen LogP contribution in [0.15, 0.2) is 17.2 Å². The van der Waals surface area contributed by atoms with Crippen molar-refractivity contribution in [3.8, 4) is 0 Å². The van der Waals surface area contributed by atoms with Crippen LogP contribution < -0.4 is 5.23 Å². The molecule has 0 aliphatic rings. The Hall–Kier alpha value is -0.860. The monoisotopic (exact) mass is 278 g/mol. The van der Waals surface area contributed by atoms with Crippen molar-refractivity contribution >= 4 is 35.0 Å². The molecule has 1 unspecified atom stereocenters. The molecule has 6 nitrogen and oxygen atoms in total. The zero-order chi connectivity index (χ0) is 12.8. The molecule has 0 aromatic carbocycles. The minimum Gasteiger partial charge on any atom is -0.595 e. The fraction of sp³-hybridized carbons (Fsp3) is 0.333. The van der Waals surface area contributed by atoms with Gasteiger partial charge < -0.3 is 9.94 Å². The van der Waals surface area contributed by atoms with Gasteiger partial charge in [0.25, 0.3) is 0 Å². The smallest absolute Gasteiger partial charge is 0.316 e. The average Bonchev–Trinajstić information content (AvgIpc) is 2.26. The fourth-order valence-electron chi connectivity index (χ4n) is 1.02. The van der Waals surface area contributed by atoms with Gasteiger partial charge in [0.15, 0.2) is 10.7 Å². The lowest BCUT2D eigenvalue weighted by atomic mass is 10.4. The summed E-state index contributed by atoms with van der Waals surface area (Å²) in [6.07, 6.45) is 0. The van der Waals surface area contributed by atoms with Gasteiger partial charge >= 0.3 is 5.97 Å². The molecule has 0 aliphatic carbocycles. The Bertz CT molecular complexity index is 403. The molecular weight excluding hydrogens is 268 g/mol. The third kappa shape index (κ3) is 4.49. The van der Waals surface area contributed by atoms with Crippen LogP contribution in [-0.4, -0.2) is 28.5 Å². The first kappa shape index (κ1) is 14.2. The molecule has 0 saturated carbocycles. The summed E-state index contributed by atoms with van der Waals surface area (Å²) in [7, 11) is 0. The summed E-state index contributed by atoms with van der Waals surface area (Å²) >= 11 is 6.65. The first-order chi connectivity index (χ1) is 8.04. The Morgan fingerprint density at radius 2 is 2.41 bits per heavy atom. The number of nitrogens with one attached hydrogen (secondary N) is 1. The van der Waals surface area contributed by atoms with Gasteiger partial charge in [-0.15, -0.1) is 0 Å². The highest BCUT2D eigenvalue weighted by molar-refractivity contribution is 8.00. The van der Waals surface area contributed by atoms with Crippen LogP contribution in [0.25, 0.3) is 0 Å². The quantitative estimate of drug-likeness (QED) is 0.358. The lowest BCUT2D eigenvalue weighted by Gasteiger charge is -2.14. The van der Waals surface area contributed by atoms with Gasteiger partial charge in [-0.3, -0.25) is 4.79 Å². The number of nitrogens with zero attached hydrogens (tertiary/aromatic N) is 1. The summed E-state index contributed by atoms with van der Waals surface area (Å²) in [6, 6.07) is 2.74. The van der Waals surface area contributed by atoms with Crippen molar-refractivity contribution in [1.29, 1.82) is 0 Å². The fourth-order valence-corrected chi connectivity index (χ4v) is 2.03. The Labute approximate surface area is 107 Å². The van der Waals surface area contributed by atoms with E-state index in [1.54, 1.807) is 6.92 Å². The van der Waals surface area contributed by atoms with Crippen molar-refractivity contribution in [2.75, 3.05) is 12.4 Å². The second-order valence-electron chi connectivity index (χ2n) is 2.89. The number of esters is 1. The number of pyridine rings is 1. The van der Waals surface area contributed by atoms with Crippen LogP contribution in [0.1, 0.15) is 6.92 Å². The Morgan fingerprint density at radius 1 is 1.71 bits per heavy atom. The van der Waals surface area contributed by atoms with Crippen molar-refractivity contribution in [3.63, 3.8) is 0 Å². The first-order valence-electron chi connectivity index (χ1n) is 4.72. The largest absolute Gasteiger partial charge is 0.595 e. The van der Waals surface area contributed by atoms with Crippen LogP contribution in [0, 0.1) is 5.21 Å². The number of halogens is 1. The van der Waals surface area contributed by atoms with Gasteiger partial charge in [-0.2, -0.15) is 5.23 Å². The molecule has 0 fully saturated rings. The minimum atomic E-state index is -1.11. The van der Waals surface area contributed by atoms with E-state index in [9.17, 15) is 10.0 Å². The zero-order valence-electron chi connectivity index (χ0n) is 8.97. The maximum atomic E-state index is 11.1. The van der Waals surface area contributed by atoms with Crippen LogP contribution in [-0.2, 0) is 9.53 Å². The van der Waals surface area contributed by atoms with Crippen LogP contribution >= 0.6 is 23.4 Å². The summed E-state index contributed by atoms with van der Waals surface area (Å²) in [6.45, 7) is 1.98. The number of ether oxygens (including phenoxy) is 1. The van der Waals surface area contributed by atoms with Gasteiger partial charge in [-0.1, -0.05) is 23.4 Å². The van der Waals surface area contributed by atoms with Gasteiger partial charge in [0, 0.05) is 6.07 Å². The van der Waals surface area contributed by atoms with Gasteiger partial charge in [-0.05, 0) is 13.0 Å². The van der Waals surface area contributed by atoms with E-state index in [0.29, 0.717) is 0 Å². The summed E-state index contributed by atoms with van der Waals surface area (Å²) < 4.78 is 4.73. The number of thioether (sulfide) groups is 1. The van der Waals surface area contributed by atoms with E-state index in [2.05, 4.69) is 4.98 Å². The highest BCUT2D eigenvalue weighted by atomic mass is 35.5. The summed E-state index contributed by atoms with van der Waals surface area (Å²) in [5.41, 5.74) is 0.0173. The molecule has 0 bridgehead atoms. The van der Waals surface area contributed by atoms with Crippen molar-refractivity contribution in [1.82, 2.24) is 4.98 Å². The maximum Gasteiger partial charge on any atom is 0.316 e. The maximum absolute atomic E-state index is 11.1. The molecule has 1 rings (SSSR count). The zero-order valence-corrected chi connectivity index (χ0v) is 10.5. The summed E-state index contributed by atoms with van der Waals surface area (Å²) in [5, 5.41) is 19.1. The molecule has 0 radical (unpaired) electrons. The minimum absolute atomic E-state index is 0.00145. The first-order valence-corrected chi connectivity index (χ1v) is 6.09. The standard InChI is InChI=1S/C9H11ClN2O4S/c1-2-16-8(13)5-17-9-6(12(14)15)3-4-7(10)11-9/h3-4,12,14H,2,5H2,1H3. The van der Waals surface area contributed by atoms with E-state index in [1.165, 1.54) is 12.1 Å². The van der Waals surface area contributed by atoms with Crippen LogP contribution in [0.5, 0.6) is 0 Å². The highest BCUT2D eigenvalue weighted by Gasteiger charge is 2.14. The predicted octanol–water partition coefficient (Wildman–Crippen LogP) is 0.794. The molecule has 0 saturated heterocycles. The van der Waals surface area contributed by atoms with E-state index in [4.69, 9.17) is 21.5 Å². The van der Waals surface area contributed by atoms with Gasteiger partial charge in [0.1, 0.15) is 5.15 Å². The number of carbonyl (C=O) groups excluding carboxylic acids is 1. The van der Waals surface area contributed by atoms with Crippen molar-refractivity contribution in [2.24, 2.45) is 0 Å². The lowest BCUT2D eigenvalue weighted by Crippen LogP contribution is -2.99. The van der Waals surface area contributed by atoms with E-state index < -0.39 is 11.2 Å². The number of aromatic nitrogens is 1. The SMILES string of the molecule is CCOC(=O)CSc1nc(Cl)ccc1[NH+]([O-])O. The topological polar surface area (TPSA) is 86.9 Å². The molecule has 94 valence electrons. The number of rotatable bonds is 5. The summed E-state index contributed by atoms with van der Waals surface area (Å²) in [4.78, 5) is 15.0. The van der Waals surface area contributed by atoms with Gasteiger partial charge in [0.05, 0.1) is 12.4 Å². The van der Waals surface area contributed by atoms with Crippen molar-refractivity contribution < 1.29 is 20.0 Å². The number of carbonyl (C=O) groups is 1. The molecule has 0 amide bonds. The van der Waals surface area contributed by atoms with Gasteiger partial charge in [0.2, 0.25) is 0 Å². The van der Waals surface area contributed by atoms with Crippen molar-refractivity contribution in [3.05, 3.63) is 22.5 Å². The van der Waals surface area contributed by atoms with Crippen LogP contribution in [0.2, 0.25) is 5.15 Å². The third-order valence-corrected chi connectivity index (χ3v) is 2.86. The van der Waals surface area contributed by atoms with E-state index in [0.717, 1.165) is 11.8 Å². The Morgan fingerprint density at radius 3 is 3.00 bits per heavy atom. The molecule has 1 atom stereocenters. The molecule has 1 aromatic heterocycles. The second kappa shape index (κ2) is 6.77. The number of hydrogen-bond donors (Lipinski definition) is 2.